The van der Waals surface area contributed by atoms with E-state index in [1.54, 1.807) is 23.1 Å². The van der Waals surface area contributed by atoms with Crippen LogP contribution in [0.5, 0.6) is 11.5 Å². The van der Waals surface area contributed by atoms with Gasteiger partial charge in [-0.3, -0.25) is 24.8 Å². The Kier molecular flexibility index (Phi) is 9.08. The molecular formula is C26H29N3O5S. The summed E-state index contributed by atoms with van der Waals surface area (Å²) in [5, 5.41) is 11.8. The quantitative estimate of drug-likeness (QED) is 0.174. The Bertz CT molecular complexity index is 1180. The van der Waals surface area contributed by atoms with E-state index in [1.807, 2.05) is 39.0 Å². The lowest BCUT2D eigenvalue weighted by molar-refractivity contribution is -0.384. The van der Waals surface area contributed by atoms with Crippen LogP contribution in [-0.4, -0.2) is 40.6 Å². The van der Waals surface area contributed by atoms with Crippen LogP contribution >= 0.6 is 11.8 Å². The van der Waals surface area contributed by atoms with Crippen LogP contribution < -0.4 is 9.47 Å². The molecule has 3 rings (SSSR count). The summed E-state index contributed by atoms with van der Waals surface area (Å²) in [5.41, 5.74) is 2.33. The van der Waals surface area contributed by atoms with Gasteiger partial charge in [-0.25, -0.2) is 0 Å². The third-order valence-electron chi connectivity index (χ3n) is 5.12. The Labute approximate surface area is 209 Å². The van der Waals surface area contributed by atoms with Gasteiger partial charge in [0.05, 0.1) is 16.4 Å². The van der Waals surface area contributed by atoms with E-state index in [-0.39, 0.29) is 18.2 Å². The summed E-state index contributed by atoms with van der Waals surface area (Å²) < 4.78 is 12.0. The standard InChI is InChI=1S/C26H29N3O5S/c1-5-10-20-13-19(16-23-25(30)28(7-3)26(35-23)27-6-2)15-22(33-8-4)24(20)34-17-18-11-9-12-21(14-18)29(31)32/h5,9,11-16H,1,6-8,10,17H2,2-4H3/b23-16-,27-26?. The van der Waals surface area contributed by atoms with Gasteiger partial charge in [0.2, 0.25) is 0 Å². The number of carbonyl (C=O) groups is 1. The van der Waals surface area contributed by atoms with E-state index in [2.05, 4.69) is 11.6 Å². The van der Waals surface area contributed by atoms with Crippen molar-refractivity contribution in [3.05, 3.63) is 80.8 Å². The number of nitro benzene ring substituents is 1. The lowest BCUT2D eigenvalue weighted by atomic mass is 10.0. The van der Waals surface area contributed by atoms with Gasteiger partial charge in [-0.05, 0) is 68.3 Å². The first kappa shape index (κ1) is 26.0. The number of rotatable bonds is 11. The van der Waals surface area contributed by atoms with Crippen LogP contribution in [0.3, 0.4) is 0 Å². The van der Waals surface area contributed by atoms with Gasteiger partial charge in [0, 0.05) is 30.8 Å². The first-order valence-electron chi connectivity index (χ1n) is 11.4. The summed E-state index contributed by atoms with van der Waals surface area (Å²) in [6, 6.07) is 10.1. The van der Waals surface area contributed by atoms with Crippen molar-refractivity contribution in [2.45, 2.75) is 33.8 Å². The number of benzene rings is 2. The van der Waals surface area contributed by atoms with E-state index < -0.39 is 4.92 Å². The number of likely N-dealkylation sites (N-methyl/N-ethyl adjacent to an activating group) is 1. The maximum absolute atomic E-state index is 12.9. The van der Waals surface area contributed by atoms with Crippen molar-refractivity contribution in [2.75, 3.05) is 19.7 Å². The van der Waals surface area contributed by atoms with Crippen LogP contribution in [0.15, 0.2) is 59.0 Å². The molecular weight excluding hydrogens is 466 g/mol. The smallest absolute Gasteiger partial charge is 0.269 e. The highest BCUT2D eigenvalue weighted by atomic mass is 32.2. The van der Waals surface area contributed by atoms with Crippen LogP contribution in [0.4, 0.5) is 5.69 Å². The van der Waals surface area contributed by atoms with Gasteiger partial charge in [-0.2, -0.15) is 0 Å². The fourth-order valence-corrected chi connectivity index (χ4v) is 4.71. The van der Waals surface area contributed by atoms with Crippen molar-refractivity contribution in [3.8, 4) is 11.5 Å². The fraction of sp³-hybridized carbons (Fsp3) is 0.308. The van der Waals surface area contributed by atoms with Gasteiger partial charge in [-0.15, -0.1) is 6.58 Å². The largest absolute Gasteiger partial charge is 0.490 e. The molecule has 0 radical (unpaired) electrons. The lowest BCUT2D eigenvalue weighted by Crippen LogP contribution is -2.28. The van der Waals surface area contributed by atoms with Crippen LogP contribution in [0.1, 0.15) is 37.5 Å². The van der Waals surface area contributed by atoms with Crippen LogP contribution in [0, 0.1) is 10.1 Å². The Morgan fingerprint density at radius 1 is 1.20 bits per heavy atom. The minimum atomic E-state index is -0.431. The molecule has 0 N–H and O–H groups in total. The second kappa shape index (κ2) is 12.2. The number of hydrogen-bond donors (Lipinski definition) is 0. The topological polar surface area (TPSA) is 94.3 Å². The Morgan fingerprint density at radius 3 is 2.66 bits per heavy atom. The molecule has 0 bridgehead atoms. The molecule has 0 atom stereocenters. The molecule has 1 aliphatic heterocycles. The summed E-state index contributed by atoms with van der Waals surface area (Å²) >= 11 is 1.36. The van der Waals surface area contributed by atoms with Crippen molar-refractivity contribution in [2.24, 2.45) is 4.99 Å². The minimum absolute atomic E-state index is 0.00950. The Hall–Kier alpha value is -3.59. The highest BCUT2D eigenvalue weighted by Crippen LogP contribution is 2.38. The molecule has 0 unspecified atom stereocenters. The van der Waals surface area contributed by atoms with Crippen molar-refractivity contribution < 1.29 is 19.2 Å². The minimum Gasteiger partial charge on any atom is -0.490 e. The second-order valence-corrected chi connectivity index (χ2v) is 8.57. The molecule has 0 spiro atoms. The van der Waals surface area contributed by atoms with Gasteiger partial charge >= 0.3 is 0 Å². The average molecular weight is 496 g/mol. The lowest BCUT2D eigenvalue weighted by Gasteiger charge is -2.17. The Balaban J connectivity index is 1.96. The number of non-ortho nitro benzene ring substituents is 1. The number of amidine groups is 1. The highest BCUT2D eigenvalue weighted by molar-refractivity contribution is 8.18. The molecule has 0 aromatic heterocycles. The molecule has 9 heteroatoms. The molecule has 1 heterocycles. The second-order valence-electron chi connectivity index (χ2n) is 7.57. The summed E-state index contributed by atoms with van der Waals surface area (Å²) in [7, 11) is 0. The summed E-state index contributed by atoms with van der Waals surface area (Å²) in [6.07, 6.45) is 4.13. The number of nitro groups is 1. The molecule has 184 valence electrons. The van der Waals surface area contributed by atoms with E-state index >= 15 is 0 Å². The third-order valence-corrected chi connectivity index (χ3v) is 6.16. The monoisotopic (exact) mass is 495 g/mol. The SMILES string of the molecule is C=CCc1cc(/C=C2\SC(=NCC)N(CC)C2=O)cc(OCC)c1OCc1cccc([N+](=O)[O-])c1. The zero-order valence-electron chi connectivity index (χ0n) is 20.2. The molecule has 1 aliphatic rings. The molecule has 1 amide bonds. The zero-order valence-corrected chi connectivity index (χ0v) is 21.0. The predicted molar refractivity (Wildman–Crippen MR) is 140 cm³/mol. The van der Waals surface area contributed by atoms with E-state index in [0.29, 0.717) is 53.3 Å². The molecule has 1 fully saturated rings. The van der Waals surface area contributed by atoms with Crippen molar-refractivity contribution in [3.63, 3.8) is 0 Å². The summed E-state index contributed by atoms with van der Waals surface area (Å²) in [6.45, 7) is 11.3. The highest BCUT2D eigenvalue weighted by Gasteiger charge is 2.32. The molecule has 0 saturated carbocycles. The summed E-state index contributed by atoms with van der Waals surface area (Å²) in [5.74, 6) is 1.02. The van der Waals surface area contributed by atoms with Gasteiger partial charge in [0.1, 0.15) is 6.61 Å². The Morgan fingerprint density at radius 2 is 2.00 bits per heavy atom. The van der Waals surface area contributed by atoms with Gasteiger partial charge in [0.15, 0.2) is 16.7 Å². The number of aliphatic imine (C=N–C) groups is 1. The van der Waals surface area contributed by atoms with Gasteiger partial charge in [0.25, 0.3) is 11.6 Å². The number of ether oxygens (including phenoxy) is 2. The van der Waals surface area contributed by atoms with Crippen molar-refractivity contribution in [1.29, 1.82) is 0 Å². The third kappa shape index (κ3) is 6.30. The van der Waals surface area contributed by atoms with Gasteiger partial charge < -0.3 is 9.47 Å². The summed E-state index contributed by atoms with van der Waals surface area (Å²) in [4.78, 5) is 30.3. The van der Waals surface area contributed by atoms with Crippen molar-refractivity contribution >= 4 is 34.6 Å². The number of carbonyl (C=O) groups excluding carboxylic acids is 1. The van der Waals surface area contributed by atoms with E-state index in [0.717, 1.165) is 11.1 Å². The van der Waals surface area contributed by atoms with E-state index in [1.165, 1.54) is 23.9 Å². The maximum atomic E-state index is 12.9. The first-order chi connectivity index (χ1) is 16.9. The first-order valence-corrected chi connectivity index (χ1v) is 12.3. The molecule has 8 nitrogen and oxygen atoms in total. The van der Waals surface area contributed by atoms with E-state index in [9.17, 15) is 14.9 Å². The molecule has 1 saturated heterocycles. The van der Waals surface area contributed by atoms with Crippen molar-refractivity contribution in [1.82, 2.24) is 4.90 Å². The molecule has 35 heavy (non-hydrogen) atoms. The number of amides is 1. The maximum Gasteiger partial charge on any atom is 0.269 e. The fourth-order valence-electron chi connectivity index (χ4n) is 3.61. The normalized spacial score (nSPS) is 15.6. The molecule has 2 aromatic rings. The average Bonchev–Trinajstić information content (AvgIpc) is 3.13. The number of allylic oxidation sites excluding steroid dienone is 1. The van der Waals surface area contributed by atoms with Crippen LogP contribution in [-0.2, 0) is 17.8 Å². The van der Waals surface area contributed by atoms with E-state index in [4.69, 9.17) is 9.47 Å². The number of nitrogens with zero attached hydrogens (tertiary/aromatic N) is 3. The van der Waals surface area contributed by atoms with Crippen LogP contribution in [0.2, 0.25) is 0 Å². The number of thioether (sulfide) groups is 1. The molecule has 0 aliphatic carbocycles. The zero-order chi connectivity index (χ0) is 25.4. The molecule has 2 aromatic carbocycles. The number of hydrogen-bond acceptors (Lipinski definition) is 7. The van der Waals surface area contributed by atoms with Crippen LogP contribution in [0.25, 0.3) is 6.08 Å². The predicted octanol–water partition coefficient (Wildman–Crippen LogP) is 5.61. The van der Waals surface area contributed by atoms with Gasteiger partial charge in [-0.1, -0.05) is 18.2 Å².